The van der Waals surface area contributed by atoms with E-state index >= 15 is 0 Å². The Balaban J connectivity index is 1.99. The van der Waals surface area contributed by atoms with Gasteiger partial charge in [0.05, 0.1) is 0 Å². The van der Waals surface area contributed by atoms with Crippen LogP contribution in [0.2, 0.25) is 0 Å². The molecule has 2 N–H and O–H groups in total. The lowest BCUT2D eigenvalue weighted by Crippen LogP contribution is -2.52. The van der Waals surface area contributed by atoms with Crippen LogP contribution in [0.25, 0.3) is 0 Å². The number of likely N-dealkylation sites (N-methyl/N-ethyl adjacent to an activating group) is 1. The predicted molar refractivity (Wildman–Crippen MR) is 79.3 cm³/mol. The van der Waals surface area contributed by atoms with Crippen LogP contribution in [0.3, 0.4) is 0 Å². The van der Waals surface area contributed by atoms with Crippen LogP contribution in [0.4, 0.5) is 0 Å². The molecule has 19 heavy (non-hydrogen) atoms. The van der Waals surface area contributed by atoms with Crippen molar-refractivity contribution in [1.29, 1.82) is 0 Å². The van der Waals surface area contributed by atoms with Gasteiger partial charge >= 0.3 is 0 Å². The highest BCUT2D eigenvalue weighted by Crippen LogP contribution is 2.18. The zero-order valence-electron chi connectivity index (χ0n) is 11.8. The zero-order chi connectivity index (χ0) is 13.7. The van der Waals surface area contributed by atoms with E-state index in [9.17, 15) is 0 Å². The van der Waals surface area contributed by atoms with Crippen LogP contribution in [-0.2, 0) is 0 Å². The number of hydrogen-bond donors (Lipinski definition) is 2. The number of rotatable bonds is 4. The van der Waals surface area contributed by atoms with Crippen LogP contribution in [0.5, 0.6) is 0 Å². The fourth-order valence-corrected chi connectivity index (χ4v) is 2.75. The summed E-state index contributed by atoms with van der Waals surface area (Å²) in [7, 11) is 0. The summed E-state index contributed by atoms with van der Waals surface area (Å²) in [6.45, 7) is 6.09. The Labute approximate surface area is 120 Å². The molecular formula is C13H24ClN5. The van der Waals surface area contributed by atoms with Crippen molar-refractivity contribution in [2.75, 3.05) is 13.1 Å². The second kappa shape index (κ2) is 7.01. The van der Waals surface area contributed by atoms with Crippen LogP contribution in [0.1, 0.15) is 46.0 Å². The standard InChI is InChI=1S/C13H24ClN5/c1-3-18(4-2)13-10-12(14)16-19(17-13)15-11-8-6-5-7-9-11/h10-11,15-16H,3-9H2,1-2H3. The third-order valence-corrected chi connectivity index (χ3v) is 3.86. The number of hydrazone groups is 1. The molecule has 0 aromatic carbocycles. The van der Waals surface area contributed by atoms with Gasteiger partial charge in [-0.3, -0.25) is 5.43 Å². The van der Waals surface area contributed by atoms with Gasteiger partial charge in [-0.15, -0.1) is 10.3 Å². The topological polar surface area (TPSA) is 42.9 Å². The van der Waals surface area contributed by atoms with Gasteiger partial charge < -0.3 is 4.90 Å². The molecule has 1 aliphatic heterocycles. The predicted octanol–water partition coefficient (Wildman–Crippen LogP) is 2.38. The molecule has 1 heterocycles. The van der Waals surface area contributed by atoms with Crippen LogP contribution >= 0.6 is 11.6 Å². The Bertz CT molecular complexity index is 345. The van der Waals surface area contributed by atoms with Gasteiger partial charge in [-0.1, -0.05) is 30.9 Å². The molecule has 0 radical (unpaired) electrons. The molecule has 0 amide bonds. The fraction of sp³-hybridized carbons (Fsp3) is 0.769. The third-order valence-electron chi connectivity index (χ3n) is 3.67. The largest absolute Gasteiger partial charge is 0.356 e. The van der Waals surface area contributed by atoms with Crippen molar-refractivity contribution in [2.45, 2.75) is 52.0 Å². The molecule has 1 fully saturated rings. The molecule has 2 rings (SSSR count). The molecule has 1 aliphatic carbocycles. The summed E-state index contributed by atoms with van der Waals surface area (Å²) >= 11 is 6.14. The van der Waals surface area contributed by atoms with Crippen LogP contribution in [0.15, 0.2) is 16.3 Å². The normalized spacial score (nSPS) is 20.7. The highest BCUT2D eigenvalue weighted by atomic mass is 35.5. The first kappa shape index (κ1) is 14.5. The average Bonchev–Trinajstić information content (AvgIpc) is 2.40. The van der Waals surface area contributed by atoms with Gasteiger partial charge in [-0.25, -0.2) is 0 Å². The second-order valence-electron chi connectivity index (χ2n) is 5.01. The first-order valence-electron chi connectivity index (χ1n) is 7.26. The lowest BCUT2D eigenvalue weighted by Gasteiger charge is -2.33. The quantitative estimate of drug-likeness (QED) is 0.779. The van der Waals surface area contributed by atoms with Crippen molar-refractivity contribution in [3.63, 3.8) is 0 Å². The fourth-order valence-electron chi connectivity index (χ4n) is 2.57. The minimum Gasteiger partial charge on any atom is -0.356 e. The molecule has 5 nitrogen and oxygen atoms in total. The molecule has 1 saturated carbocycles. The highest BCUT2D eigenvalue weighted by molar-refractivity contribution is 6.30. The second-order valence-corrected chi connectivity index (χ2v) is 5.42. The highest BCUT2D eigenvalue weighted by Gasteiger charge is 2.19. The lowest BCUT2D eigenvalue weighted by molar-refractivity contribution is 0.0973. The van der Waals surface area contributed by atoms with Crippen molar-refractivity contribution in [3.05, 3.63) is 11.2 Å². The first-order chi connectivity index (χ1) is 9.22. The van der Waals surface area contributed by atoms with Crippen molar-refractivity contribution < 1.29 is 0 Å². The summed E-state index contributed by atoms with van der Waals surface area (Å²) < 4.78 is 0. The first-order valence-corrected chi connectivity index (χ1v) is 7.64. The molecule has 0 aromatic heterocycles. The smallest absolute Gasteiger partial charge is 0.155 e. The van der Waals surface area contributed by atoms with E-state index in [1.165, 1.54) is 32.1 Å². The Morgan fingerprint density at radius 2 is 2.05 bits per heavy atom. The molecule has 0 unspecified atom stereocenters. The van der Waals surface area contributed by atoms with Crippen molar-refractivity contribution in [3.8, 4) is 0 Å². The minimum atomic E-state index is 0.491. The molecule has 0 atom stereocenters. The molecule has 0 bridgehead atoms. The summed E-state index contributed by atoms with van der Waals surface area (Å²) in [5, 5.41) is 6.83. The van der Waals surface area contributed by atoms with E-state index in [2.05, 4.69) is 34.7 Å². The number of halogens is 1. The number of hydrazine groups is 2. The van der Waals surface area contributed by atoms with Crippen LogP contribution in [-0.4, -0.2) is 35.1 Å². The molecule has 108 valence electrons. The van der Waals surface area contributed by atoms with Gasteiger partial charge in [0.2, 0.25) is 0 Å². The molecule has 0 saturated heterocycles. The Hall–Kier alpha value is -0.940. The Morgan fingerprint density at radius 3 is 2.68 bits per heavy atom. The lowest BCUT2D eigenvalue weighted by atomic mass is 9.96. The molecule has 0 spiro atoms. The third kappa shape index (κ3) is 4.01. The Kier molecular flexibility index (Phi) is 5.34. The van der Waals surface area contributed by atoms with Crippen LogP contribution in [0, 0.1) is 0 Å². The van der Waals surface area contributed by atoms with E-state index in [0.717, 1.165) is 18.9 Å². The monoisotopic (exact) mass is 285 g/mol. The summed E-state index contributed by atoms with van der Waals surface area (Å²) in [6, 6.07) is 0.491. The molecule has 2 aliphatic rings. The van der Waals surface area contributed by atoms with E-state index in [1.807, 2.05) is 6.08 Å². The van der Waals surface area contributed by atoms with Gasteiger partial charge in [0.1, 0.15) is 5.16 Å². The van der Waals surface area contributed by atoms with Gasteiger partial charge in [0, 0.05) is 25.2 Å². The molecular weight excluding hydrogens is 262 g/mol. The van der Waals surface area contributed by atoms with E-state index in [0.29, 0.717) is 11.2 Å². The maximum Gasteiger partial charge on any atom is 0.155 e. The number of amidine groups is 1. The van der Waals surface area contributed by atoms with Crippen molar-refractivity contribution >= 4 is 17.4 Å². The van der Waals surface area contributed by atoms with Crippen LogP contribution < -0.4 is 10.9 Å². The maximum atomic E-state index is 6.14. The molecule has 0 aromatic rings. The number of hydrogen-bond acceptors (Lipinski definition) is 5. The van der Waals surface area contributed by atoms with E-state index in [1.54, 1.807) is 5.23 Å². The maximum absolute atomic E-state index is 6.14. The van der Waals surface area contributed by atoms with Gasteiger partial charge in [0.15, 0.2) is 5.84 Å². The summed E-state index contributed by atoms with van der Waals surface area (Å²) in [4.78, 5) is 2.18. The average molecular weight is 286 g/mol. The van der Waals surface area contributed by atoms with Crippen molar-refractivity contribution in [2.24, 2.45) is 5.10 Å². The summed E-state index contributed by atoms with van der Waals surface area (Å²) in [5.74, 6) is 0.900. The van der Waals surface area contributed by atoms with Crippen molar-refractivity contribution in [1.82, 2.24) is 21.0 Å². The van der Waals surface area contributed by atoms with Gasteiger partial charge in [0.25, 0.3) is 0 Å². The van der Waals surface area contributed by atoms with E-state index in [4.69, 9.17) is 11.6 Å². The summed E-state index contributed by atoms with van der Waals surface area (Å²) in [6.07, 6.45) is 8.21. The minimum absolute atomic E-state index is 0.491. The Morgan fingerprint density at radius 1 is 1.37 bits per heavy atom. The summed E-state index contributed by atoms with van der Waals surface area (Å²) in [5.41, 5.74) is 6.44. The number of nitrogens with one attached hydrogen (secondary N) is 2. The SMILES string of the molecule is CCN(CC)C1=NN(NC2CCCCC2)NC(Cl)=C1. The number of nitrogens with zero attached hydrogens (tertiary/aromatic N) is 3. The van der Waals surface area contributed by atoms with E-state index in [-0.39, 0.29) is 0 Å². The van der Waals surface area contributed by atoms with Gasteiger partial charge in [-0.2, -0.15) is 5.43 Å². The molecule has 6 heteroatoms. The van der Waals surface area contributed by atoms with Gasteiger partial charge in [-0.05, 0) is 26.7 Å². The zero-order valence-corrected chi connectivity index (χ0v) is 12.6. The van der Waals surface area contributed by atoms with E-state index < -0.39 is 0 Å².